The summed E-state index contributed by atoms with van der Waals surface area (Å²) in [5.41, 5.74) is 1.28. The lowest BCUT2D eigenvalue weighted by atomic mass is 9.89. The van der Waals surface area contributed by atoms with Crippen LogP contribution < -0.4 is 9.80 Å². The van der Waals surface area contributed by atoms with Crippen LogP contribution in [0.15, 0.2) is 48.5 Å². The standard InChI is InChI=1S/C19H17ClN2O3/c1-3-22(12-8-5-4-6-9-12)19(25)16-17(23)15-13(20)10-7-11-14(15)21(2)18(16)24/h4-11,16H,3H2,1-2H3. The van der Waals surface area contributed by atoms with Gasteiger partial charge in [-0.25, -0.2) is 0 Å². The summed E-state index contributed by atoms with van der Waals surface area (Å²) in [4.78, 5) is 41.4. The van der Waals surface area contributed by atoms with Crippen molar-refractivity contribution in [2.75, 3.05) is 23.4 Å². The molecule has 2 amide bonds. The first kappa shape index (κ1) is 17.2. The van der Waals surface area contributed by atoms with E-state index in [1.807, 2.05) is 6.07 Å². The third-order valence-electron chi connectivity index (χ3n) is 4.34. The smallest absolute Gasteiger partial charge is 0.247 e. The van der Waals surface area contributed by atoms with Gasteiger partial charge in [0.25, 0.3) is 0 Å². The molecule has 0 N–H and O–H groups in total. The first-order chi connectivity index (χ1) is 12.0. The molecule has 0 aromatic heterocycles. The van der Waals surface area contributed by atoms with E-state index in [0.29, 0.717) is 17.9 Å². The number of hydrogen-bond acceptors (Lipinski definition) is 3. The molecule has 5 nitrogen and oxygen atoms in total. The van der Waals surface area contributed by atoms with Gasteiger partial charge in [0, 0.05) is 19.3 Å². The number of para-hydroxylation sites is 1. The number of Topliss-reactive ketones (excluding diaryl/α,β-unsaturated/α-hetero) is 1. The fourth-order valence-corrected chi connectivity index (χ4v) is 3.31. The number of benzene rings is 2. The molecule has 1 aliphatic heterocycles. The molecule has 0 saturated carbocycles. The minimum absolute atomic E-state index is 0.216. The third kappa shape index (κ3) is 2.81. The Morgan fingerprint density at radius 3 is 2.44 bits per heavy atom. The molecule has 0 aliphatic carbocycles. The summed E-state index contributed by atoms with van der Waals surface area (Å²) in [5, 5.41) is 0.238. The van der Waals surface area contributed by atoms with Crippen molar-refractivity contribution in [2.45, 2.75) is 6.92 Å². The van der Waals surface area contributed by atoms with Gasteiger partial charge in [-0.2, -0.15) is 0 Å². The average Bonchev–Trinajstić information content (AvgIpc) is 2.61. The fraction of sp³-hybridized carbons (Fsp3) is 0.211. The van der Waals surface area contributed by atoms with Gasteiger partial charge in [-0.05, 0) is 31.2 Å². The van der Waals surface area contributed by atoms with Crippen LogP contribution >= 0.6 is 11.6 Å². The molecule has 3 rings (SSSR count). The number of carbonyl (C=O) groups is 3. The lowest BCUT2D eigenvalue weighted by Gasteiger charge is -2.33. The zero-order valence-electron chi connectivity index (χ0n) is 13.9. The Morgan fingerprint density at radius 2 is 1.80 bits per heavy atom. The Hall–Kier alpha value is -2.66. The molecule has 25 heavy (non-hydrogen) atoms. The van der Waals surface area contributed by atoms with E-state index >= 15 is 0 Å². The van der Waals surface area contributed by atoms with Crippen LogP contribution in [0.3, 0.4) is 0 Å². The number of anilines is 2. The number of halogens is 1. The molecule has 0 saturated heterocycles. The van der Waals surface area contributed by atoms with Gasteiger partial charge >= 0.3 is 0 Å². The predicted molar refractivity (Wildman–Crippen MR) is 97.2 cm³/mol. The topological polar surface area (TPSA) is 57.7 Å². The Morgan fingerprint density at radius 1 is 1.12 bits per heavy atom. The minimum atomic E-state index is -1.42. The number of carbonyl (C=O) groups excluding carboxylic acids is 3. The highest BCUT2D eigenvalue weighted by atomic mass is 35.5. The van der Waals surface area contributed by atoms with Crippen LogP contribution in [-0.2, 0) is 9.59 Å². The van der Waals surface area contributed by atoms with E-state index in [1.54, 1.807) is 56.4 Å². The van der Waals surface area contributed by atoms with Gasteiger partial charge < -0.3 is 9.80 Å². The molecule has 6 heteroatoms. The van der Waals surface area contributed by atoms with Gasteiger partial charge in [-0.15, -0.1) is 0 Å². The van der Waals surface area contributed by atoms with E-state index in [1.165, 1.54) is 9.80 Å². The summed E-state index contributed by atoms with van der Waals surface area (Å²) in [5.74, 6) is -3.05. The number of fused-ring (bicyclic) bond motifs is 1. The second kappa shape index (κ2) is 6.69. The van der Waals surface area contributed by atoms with Crippen molar-refractivity contribution in [1.29, 1.82) is 0 Å². The first-order valence-electron chi connectivity index (χ1n) is 7.94. The van der Waals surface area contributed by atoms with Crippen LogP contribution in [0.2, 0.25) is 5.02 Å². The van der Waals surface area contributed by atoms with Crippen LogP contribution in [0.1, 0.15) is 17.3 Å². The number of amides is 2. The van der Waals surface area contributed by atoms with E-state index in [2.05, 4.69) is 0 Å². The molecule has 2 aromatic carbocycles. The van der Waals surface area contributed by atoms with Crippen molar-refractivity contribution >= 4 is 40.6 Å². The van der Waals surface area contributed by atoms with Gasteiger partial charge in [-0.1, -0.05) is 35.9 Å². The number of nitrogens with zero attached hydrogens (tertiary/aromatic N) is 2. The average molecular weight is 357 g/mol. The zero-order chi connectivity index (χ0) is 18.1. The summed E-state index contributed by atoms with van der Waals surface area (Å²) < 4.78 is 0. The maximum absolute atomic E-state index is 13.0. The Balaban J connectivity index is 2.05. The predicted octanol–water partition coefficient (Wildman–Crippen LogP) is 3.17. The van der Waals surface area contributed by atoms with Gasteiger partial charge in [-0.3, -0.25) is 14.4 Å². The van der Waals surface area contributed by atoms with Gasteiger partial charge in [0.05, 0.1) is 16.3 Å². The van der Waals surface area contributed by atoms with Crippen LogP contribution in [-0.4, -0.2) is 31.2 Å². The molecule has 1 unspecified atom stereocenters. The van der Waals surface area contributed by atoms with Gasteiger partial charge in [0.1, 0.15) is 0 Å². The molecule has 0 fully saturated rings. The van der Waals surface area contributed by atoms with E-state index < -0.39 is 23.5 Å². The highest BCUT2D eigenvalue weighted by molar-refractivity contribution is 6.40. The number of rotatable bonds is 3. The Kier molecular flexibility index (Phi) is 4.59. The molecule has 1 atom stereocenters. The Labute approximate surface area is 150 Å². The maximum atomic E-state index is 13.0. The normalized spacial score (nSPS) is 16.6. The lowest BCUT2D eigenvalue weighted by molar-refractivity contribution is -0.130. The molecule has 1 aliphatic rings. The monoisotopic (exact) mass is 356 g/mol. The van der Waals surface area contributed by atoms with Crippen LogP contribution in [0.5, 0.6) is 0 Å². The molecule has 2 aromatic rings. The van der Waals surface area contributed by atoms with Crippen LogP contribution in [0.25, 0.3) is 0 Å². The van der Waals surface area contributed by atoms with E-state index in [9.17, 15) is 14.4 Å². The molecule has 0 spiro atoms. The zero-order valence-corrected chi connectivity index (χ0v) is 14.7. The maximum Gasteiger partial charge on any atom is 0.247 e. The van der Waals surface area contributed by atoms with Crippen molar-refractivity contribution in [1.82, 2.24) is 0 Å². The van der Waals surface area contributed by atoms with Crippen molar-refractivity contribution in [2.24, 2.45) is 5.92 Å². The highest BCUT2D eigenvalue weighted by Crippen LogP contribution is 2.35. The van der Waals surface area contributed by atoms with E-state index in [4.69, 9.17) is 11.6 Å². The number of hydrogen-bond donors (Lipinski definition) is 0. The van der Waals surface area contributed by atoms with E-state index in [0.717, 1.165) is 0 Å². The highest BCUT2D eigenvalue weighted by Gasteiger charge is 2.45. The summed E-state index contributed by atoms with van der Waals surface area (Å²) in [6.45, 7) is 2.15. The van der Waals surface area contributed by atoms with Crippen molar-refractivity contribution in [3.05, 3.63) is 59.1 Å². The summed E-state index contributed by atoms with van der Waals surface area (Å²) in [6, 6.07) is 13.9. The fourth-order valence-electron chi connectivity index (χ4n) is 3.05. The van der Waals surface area contributed by atoms with Gasteiger partial charge in [0.15, 0.2) is 11.7 Å². The minimum Gasteiger partial charge on any atom is -0.314 e. The molecule has 128 valence electrons. The van der Waals surface area contributed by atoms with Crippen LogP contribution in [0.4, 0.5) is 11.4 Å². The van der Waals surface area contributed by atoms with Gasteiger partial charge in [0.2, 0.25) is 11.8 Å². The Bertz CT molecular complexity index is 851. The summed E-state index contributed by atoms with van der Waals surface area (Å²) >= 11 is 6.17. The molecule has 0 bridgehead atoms. The second-order valence-corrected chi connectivity index (χ2v) is 6.15. The lowest BCUT2D eigenvalue weighted by Crippen LogP contribution is -2.51. The molecule has 0 radical (unpaired) electrons. The van der Waals surface area contributed by atoms with Crippen molar-refractivity contribution in [3.63, 3.8) is 0 Å². The second-order valence-electron chi connectivity index (χ2n) is 5.75. The van der Waals surface area contributed by atoms with Crippen LogP contribution in [0, 0.1) is 5.92 Å². The summed E-state index contributed by atoms with van der Waals surface area (Å²) in [6.07, 6.45) is 0. The molecular formula is C19H17ClN2O3. The SMILES string of the molecule is CCN(C(=O)C1C(=O)c2c(Cl)cccc2N(C)C1=O)c1ccccc1. The molecular weight excluding hydrogens is 340 g/mol. The van der Waals surface area contributed by atoms with Crippen molar-refractivity contribution < 1.29 is 14.4 Å². The first-order valence-corrected chi connectivity index (χ1v) is 8.32. The molecule has 1 heterocycles. The summed E-state index contributed by atoms with van der Waals surface area (Å²) in [7, 11) is 1.54. The number of ketones is 1. The quantitative estimate of drug-likeness (QED) is 0.794. The third-order valence-corrected chi connectivity index (χ3v) is 4.65. The largest absolute Gasteiger partial charge is 0.314 e. The van der Waals surface area contributed by atoms with E-state index in [-0.39, 0.29) is 10.6 Å². The van der Waals surface area contributed by atoms with Crippen molar-refractivity contribution in [3.8, 4) is 0 Å².